The normalized spacial score (nSPS) is 19.6. The van der Waals surface area contributed by atoms with Crippen molar-refractivity contribution in [2.45, 2.75) is 43.8 Å². The fraction of sp³-hybridized carbons (Fsp3) is 0.462. The van der Waals surface area contributed by atoms with Crippen LogP contribution in [-0.2, 0) is 20.8 Å². The fourth-order valence-electron chi connectivity index (χ4n) is 4.79. The van der Waals surface area contributed by atoms with Crippen LogP contribution in [0.15, 0.2) is 46.9 Å². The lowest BCUT2D eigenvalue weighted by atomic mass is 10.0. The third-order valence-corrected chi connectivity index (χ3v) is 8.67. The number of thiazole rings is 1. The van der Waals surface area contributed by atoms with Crippen LogP contribution in [0.4, 0.5) is 0 Å². The molecule has 3 heterocycles. The molecule has 2 saturated heterocycles. The fourth-order valence-corrected chi connectivity index (χ4v) is 6.63. The molecule has 1 aromatic heterocycles. The van der Waals surface area contributed by atoms with E-state index in [1.54, 1.807) is 26.9 Å². The van der Waals surface area contributed by atoms with Gasteiger partial charge < -0.3 is 26.6 Å². The van der Waals surface area contributed by atoms with Crippen LogP contribution in [0.5, 0.6) is 0 Å². The number of carbonyl (C=O) groups excluding carboxylic acids is 4. The molecule has 0 radical (unpaired) electrons. The van der Waals surface area contributed by atoms with E-state index in [-0.39, 0.29) is 42.1 Å². The monoisotopic (exact) mass is 571 g/mol. The van der Waals surface area contributed by atoms with Gasteiger partial charge in [-0.3, -0.25) is 24.2 Å². The van der Waals surface area contributed by atoms with E-state index in [0.29, 0.717) is 55.3 Å². The number of carbonyl (C=O) groups is 4. The molecular formula is C26H33N7O4S2. The first-order valence-corrected chi connectivity index (χ1v) is 14.9. The van der Waals surface area contributed by atoms with Crippen molar-refractivity contribution in [3.05, 3.63) is 52.5 Å². The highest BCUT2D eigenvalue weighted by Crippen LogP contribution is 2.27. The molecule has 0 aliphatic carbocycles. The van der Waals surface area contributed by atoms with E-state index in [9.17, 15) is 19.2 Å². The molecule has 1 aromatic carbocycles. The number of Topliss-reactive ketones (excluding diaryl/α,β-unsaturated/α-hetero) is 1. The molecule has 3 amide bonds. The van der Waals surface area contributed by atoms with Gasteiger partial charge in [0.15, 0.2) is 11.0 Å². The van der Waals surface area contributed by atoms with E-state index in [1.165, 1.54) is 17.5 Å². The Morgan fingerprint density at radius 3 is 2.69 bits per heavy atom. The summed E-state index contributed by atoms with van der Waals surface area (Å²) in [7, 11) is 0. The lowest BCUT2D eigenvalue weighted by Gasteiger charge is -2.47. The average Bonchev–Trinajstić information content (AvgIpc) is 3.48. The largest absolute Gasteiger partial charge is 0.370 e. The number of aryl methyl sites for hydroxylation is 1. The number of fused-ring (bicyclic) bond motifs is 1. The third kappa shape index (κ3) is 7.57. The molecule has 4 rings (SSSR count). The number of thioether (sulfide) groups is 1. The van der Waals surface area contributed by atoms with Crippen LogP contribution >= 0.6 is 23.1 Å². The highest BCUT2D eigenvalue weighted by molar-refractivity contribution is 7.99. The van der Waals surface area contributed by atoms with Crippen LogP contribution in [0.25, 0.3) is 0 Å². The summed E-state index contributed by atoms with van der Waals surface area (Å²) in [6.07, 6.45) is 3.27. The van der Waals surface area contributed by atoms with Crippen LogP contribution in [-0.4, -0.2) is 93.5 Å². The van der Waals surface area contributed by atoms with Crippen molar-refractivity contribution in [1.29, 1.82) is 0 Å². The van der Waals surface area contributed by atoms with Gasteiger partial charge in [-0.1, -0.05) is 30.3 Å². The summed E-state index contributed by atoms with van der Waals surface area (Å²) in [5.41, 5.74) is 11.9. The van der Waals surface area contributed by atoms with Crippen LogP contribution in [0, 0.1) is 0 Å². The molecule has 0 saturated carbocycles. The van der Waals surface area contributed by atoms with Gasteiger partial charge in [-0.2, -0.15) is 11.8 Å². The highest BCUT2D eigenvalue weighted by atomic mass is 32.2. The van der Waals surface area contributed by atoms with Crippen LogP contribution < -0.4 is 16.8 Å². The summed E-state index contributed by atoms with van der Waals surface area (Å²) < 4.78 is 0. The van der Waals surface area contributed by atoms with Gasteiger partial charge >= 0.3 is 0 Å². The van der Waals surface area contributed by atoms with Gasteiger partial charge in [0, 0.05) is 42.6 Å². The van der Waals surface area contributed by atoms with Crippen molar-refractivity contribution < 1.29 is 19.2 Å². The van der Waals surface area contributed by atoms with E-state index in [0.717, 1.165) is 5.56 Å². The first-order valence-electron chi connectivity index (χ1n) is 12.8. The first-order chi connectivity index (χ1) is 18.8. The Hall–Kier alpha value is -3.45. The van der Waals surface area contributed by atoms with Gasteiger partial charge in [-0.05, 0) is 24.8 Å². The lowest BCUT2D eigenvalue weighted by Crippen LogP contribution is -2.67. The summed E-state index contributed by atoms with van der Waals surface area (Å²) >= 11 is 2.77. The van der Waals surface area contributed by atoms with Gasteiger partial charge in [-0.15, -0.1) is 11.3 Å². The van der Waals surface area contributed by atoms with E-state index in [2.05, 4.69) is 15.3 Å². The minimum absolute atomic E-state index is 0.0386. The minimum Gasteiger partial charge on any atom is -0.370 e. The van der Waals surface area contributed by atoms with E-state index in [1.807, 2.05) is 30.3 Å². The summed E-state index contributed by atoms with van der Waals surface area (Å²) in [6, 6.07) is 7.94. The molecule has 2 aliphatic heterocycles. The molecule has 3 unspecified atom stereocenters. The van der Waals surface area contributed by atoms with Crippen molar-refractivity contribution in [3.63, 3.8) is 0 Å². The molecule has 5 N–H and O–H groups in total. The van der Waals surface area contributed by atoms with Crippen molar-refractivity contribution in [2.75, 3.05) is 31.1 Å². The Kier molecular flexibility index (Phi) is 9.93. The van der Waals surface area contributed by atoms with Gasteiger partial charge in [0.25, 0.3) is 0 Å². The number of nitrogens with one attached hydrogen (secondary N) is 1. The number of hydrogen-bond donors (Lipinski definition) is 3. The Bertz CT molecular complexity index is 1190. The number of rotatable bonds is 11. The molecule has 13 heteroatoms. The highest BCUT2D eigenvalue weighted by Gasteiger charge is 2.44. The maximum absolute atomic E-state index is 13.5. The molecule has 0 bridgehead atoms. The molecule has 2 aliphatic rings. The quantitative estimate of drug-likeness (QED) is 0.153. The maximum Gasteiger partial charge on any atom is 0.244 e. The van der Waals surface area contributed by atoms with Gasteiger partial charge in [-0.25, -0.2) is 4.98 Å². The van der Waals surface area contributed by atoms with Gasteiger partial charge in [0.2, 0.25) is 23.5 Å². The van der Waals surface area contributed by atoms with E-state index < -0.39 is 12.1 Å². The van der Waals surface area contributed by atoms with Crippen molar-refractivity contribution in [2.24, 2.45) is 16.5 Å². The summed E-state index contributed by atoms with van der Waals surface area (Å²) in [6.45, 7) is 0.647. The predicted molar refractivity (Wildman–Crippen MR) is 151 cm³/mol. The van der Waals surface area contributed by atoms with Crippen LogP contribution in [0.3, 0.4) is 0 Å². The van der Waals surface area contributed by atoms with E-state index in [4.69, 9.17) is 11.5 Å². The molecule has 39 heavy (non-hydrogen) atoms. The molecule has 3 atom stereocenters. The number of ketones is 1. The lowest BCUT2D eigenvalue weighted by molar-refractivity contribution is -0.153. The third-order valence-electron chi connectivity index (χ3n) is 6.71. The number of nitrogens with zero attached hydrogens (tertiary/aromatic N) is 4. The second kappa shape index (κ2) is 13.6. The van der Waals surface area contributed by atoms with Crippen molar-refractivity contribution in [1.82, 2.24) is 20.1 Å². The van der Waals surface area contributed by atoms with Crippen LogP contribution in [0.2, 0.25) is 0 Å². The number of benzene rings is 1. The SMILES string of the molecule is NC(N)=NCCCC(NC(=O)C1CSCC2CN(C(=O)CCc3ccccc3)CC(=O)N21)C(=O)c1nccs1. The molecule has 0 spiro atoms. The first kappa shape index (κ1) is 28.6. The number of hydrogen-bond acceptors (Lipinski definition) is 8. The zero-order valence-corrected chi connectivity index (χ0v) is 23.2. The van der Waals surface area contributed by atoms with Crippen molar-refractivity contribution in [3.8, 4) is 0 Å². The topological polar surface area (TPSA) is 164 Å². The molecule has 11 nitrogen and oxygen atoms in total. The zero-order valence-electron chi connectivity index (χ0n) is 21.5. The number of piperazine rings is 1. The Labute approximate surface area is 235 Å². The number of nitrogens with two attached hydrogens (primary N) is 2. The Morgan fingerprint density at radius 2 is 1.97 bits per heavy atom. The summed E-state index contributed by atoms with van der Waals surface area (Å²) in [5.74, 6) is 0.0153. The van der Waals surface area contributed by atoms with Gasteiger partial charge in [0.05, 0.1) is 18.6 Å². The van der Waals surface area contributed by atoms with E-state index >= 15 is 0 Å². The molecule has 2 aromatic rings. The maximum atomic E-state index is 13.5. The number of aromatic nitrogens is 1. The number of aliphatic imine (C=N–C) groups is 1. The standard InChI is InChI=1S/C26H33N7O4S2/c27-26(28)30-10-4-7-19(23(36)25-29-11-12-39-25)31-24(37)20-16-38-15-18-13-32(14-22(35)33(18)20)21(34)9-8-17-5-2-1-3-6-17/h1-3,5-6,11-12,18-20H,4,7-10,13-16H2,(H,31,37)(H4,27,28,30). The molecular weight excluding hydrogens is 538 g/mol. The average molecular weight is 572 g/mol. The van der Waals surface area contributed by atoms with Crippen LogP contribution in [0.1, 0.15) is 34.6 Å². The summed E-state index contributed by atoms with van der Waals surface area (Å²) in [4.78, 5) is 64.0. The Morgan fingerprint density at radius 1 is 1.18 bits per heavy atom. The number of guanidine groups is 1. The molecule has 208 valence electrons. The predicted octanol–water partition coefficient (Wildman–Crippen LogP) is 0.652. The van der Waals surface area contributed by atoms with Crippen molar-refractivity contribution >= 4 is 52.6 Å². The zero-order chi connectivity index (χ0) is 27.8. The van der Waals surface area contributed by atoms with Gasteiger partial charge in [0.1, 0.15) is 6.04 Å². The second-order valence-electron chi connectivity index (χ2n) is 9.48. The Balaban J connectivity index is 1.39. The molecule has 2 fully saturated rings. The smallest absolute Gasteiger partial charge is 0.244 e. The summed E-state index contributed by atoms with van der Waals surface area (Å²) in [5, 5.41) is 4.87. The minimum atomic E-state index is -0.820. The second-order valence-corrected chi connectivity index (χ2v) is 11.4. The number of amides is 3.